The number of hydrogen-bond acceptors (Lipinski definition) is 4. The van der Waals surface area contributed by atoms with E-state index in [1.54, 1.807) is 7.11 Å². The molecule has 1 aromatic heterocycles. The lowest BCUT2D eigenvalue weighted by Crippen LogP contribution is -2.24. The number of nitrogens with zero attached hydrogens (tertiary/aromatic N) is 2. The summed E-state index contributed by atoms with van der Waals surface area (Å²) in [6.07, 6.45) is 3.81. The van der Waals surface area contributed by atoms with Crippen LogP contribution in [0, 0.1) is 6.92 Å². The molecule has 0 atom stereocenters. The van der Waals surface area contributed by atoms with Gasteiger partial charge in [-0.3, -0.25) is 0 Å². The fraction of sp³-hybridized carbons (Fsp3) is 0.727. The second-order valence-electron chi connectivity index (χ2n) is 3.52. The van der Waals surface area contributed by atoms with Crippen molar-refractivity contribution in [2.24, 2.45) is 0 Å². The van der Waals surface area contributed by atoms with E-state index < -0.39 is 0 Å². The molecule has 1 N–H and O–H groups in total. The molecule has 5 heteroatoms. The van der Waals surface area contributed by atoms with E-state index in [1.165, 1.54) is 0 Å². The maximum Gasteiger partial charge on any atom is 0.105 e. The maximum absolute atomic E-state index is 5.33. The highest BCUT2D eigenvalue weighted by molar-refractivity contribution is 4.88. The monoisotopic (exact) mass is 227 g/mol. The lowest BCUT2D eigenvalue weighted by atomic mass is 10.5. The molecule has 0 aromatic carbocycles. The summed E-state index contributed by atoms with van der Waals surface area (Å²) in [4.78, 5) is 4.16. The number of ether oxygens (including phenoxy) is 2. The van der Waals surface area contributed by atoms with Crippen LogP contribution in [0.25, 0.3) is 0 Å². The first-order chi connectivity index (χ1) is 7.84. The molecule has 0 bridgehead atoms. The molecule has 1 heterocycles. The maximum atomic E-state index is 5.33. The van der Waals surface area contributed by atoms with E-state index >= 15 is 0 Å². The predicted octanol–water partition coefficient (Wildman–Crippen LogP) is 0.444. The first-order valence-corrected chi connectivity index (χ1v) is 5.59. The molecular weight excluding hydrogens is 206 g/mol. The van der Waals surface area contributed by atoms with Crippen LogP contribution < -0.4 is 5.32 Å². The van der Waals surface area contributed by atoms with Crippen LogP contribution >= 0.6 is 0 Å². The van der Waals surface area contributed by atoms with Crippen molar-refractivity contribution in [1.29, 1.82) is 0 Å². The van der Waals surface area contributed by atoms with Gasteiger partial charge in [0.2, 0.25) is 0 Å². The fourth-order valence-corrected chi connectivity index (χ4v) is 1.35. The highest BCUT2D eigenvalue weighted by Gasteiger charge is 1.95. The molecule has 0 amide bonds. The molecule has 1 rings (SSSR count). The Morgan fingerprint density at radius 2 is 2.19 bits per heavy atom. The van der Waals surface area contributed by atoms with Crippen LogP contribution in [0.3, 0.4) is 0 Å². The van der Waals surface area contributed by atoms with Crippen molar-refractivity contribution in [3.8, 4) is 0 Å². The van der Waals surface area contributed by atoms with Gasteiger partial charge in [-0.1, -0.05) is 0 Å². The van der Waals surface area contributed by atoms with Gasteiger partial charge in [-0.05, 0) is 6.92 Å². The van der Waals surface area contributed by atoms with Crippen molar-refractivity contribution in [1.82, 2.24) is 14.9 Å². The summed E-state index contributed by atoms with van der Waals surface area (Å²) < 4.78 is 12.3. The Hall–Kier alpha value is -0.910. The summed E-state index contributed by atoms with van der Waals surface area (Å²) in [6, 6.07) is 0. The van der Waals surface area contributed by atoms with Crippen LogP contribution in [0.5, 0.6) is 0 Å². The Labute approximate surface area is 96.8 Å². The summed E-state index contributed by atoms with van der Waals surface area (Å²) in [5.74, 6) is 1.05. The lowest BCUT2D eigenvalue weighted by molar-refractivity contribution is 0.0720. The van der Waals surface area contributed by atoms with Gasteiger partial charge in [-0.25, -0.2) is 4.98 Å². The van der Waals surface area contributed by atoms with Gasteiger partial charge >= 0.3 is 0 Å². The van der Waals surface area contributed by atoms with Gasteiger partial charge in [0.05, 0.1) is 19.8 Å². The highest BCUT2D eigenvalue weighted by atomic mass is 16.5. The van der Waals surface area contributed by atoms with Crippen LogP contribution in [0.1, 0.15) is 5.82 Å². The summed E-state index contributed by atoms with van der Waals surface area (Å²) >= 11 is 0. The molecule has 0 unspecified atom stereocenters. The van der Waals surface area contributed by atoms with Crippen LogP contribution in [0.4, 0.5) is 0 Å². The third-order valence-electron chi connectivity index (χ3n) is 2.31. The molecule has 0 saturated carbocycles. The molecule has 92 valence electrons. The number of hydrogen-bond donors (Lipinski definition) is 1. The van der Waals surface area contributed by atoms with Gasteiger partial charge in [0.1, 0.15) is 5.82 Å². The van der Waals surface area contributed by atoms with Gasteiger partial charge in [0.15, 0.2) is 0 Å². The summed E-state index contributed by atoms with van der Waals surface area (Å²) in [7, 11) is 1.68. The quantitative estimate of drug-likeness (QED) is 0.622. The number of imidazole rings is 1. The minimum absolute atomic E-state index is 0.661. The topological polar surface area (TPSA) is 48.3 Å². The van der Waals surface area contributed by atoms with E-state index in [9.17, 15) is 0 Å². The third kappa shape index (κ3) is 5.25. The number of rotatable bonds is 9. The Morgan fingerprint density at radius 3 is 2.88 bits per heavy atom. The van der Waals surface area contributed by atoms with E-state index in [0.29, 0.717) is 13.2 Å². The van der Waals surface area contributed by atoms with E-state index in [0.717, 1.165) is 32.1 Å². The smallest absolute Gasteiger partial charge is 0.105 e. The zero-order valence-electron chi connectivity index (χ0n) is 10.1. The minimum atomic E-state index is 0.661. The van der Waals surface area contributed by atoms with Crippen molar-refractivity contribution in [2.75, 3.05) is 40.0 Å². The second kappa shape index (κ2) is 8.27. The van der Waals surface area contributed by atoms with Crippen LogP contribution in [-0.4, -0.2) is 49.6 Å². The first kappa shape index (κ1) is 13.2. The van der Waals surface area contributed by atoms with Crippen LogP contribution in [0.15, 0.2) is 12.4 Å². The Morgan fingerprint density at radius 1 is 1.31 bits per heavy atom. The number of aromatic nitrogens is 2. The summed E-state index contributed by atoms with van der Waals surface area (Å²) in [5, 5.41) is 3.31. The van der Waals surface area contributed by atoms with Crippen LogP contribution in [0.2, 0.25) is 0 Å². The van der Waals surface area contributed by atoms with E-state index in [4.69, 9.17) is 9.47 Å². The normalized spacial score (nSPS) is 10.9. The summed E-state index contributed by atoms with van der Waals surface area (Å²) in [6.45, 7) is 6.82. The van der Waals surface area contributed by atoms with Gasteiger partial charge in [-0.15, -0.1) is 0 Å². The predicted molar refractivity (Wildman–Crippen MR) is 62.5 cm³/mol. The summed E-state index contributed by atoms with van der Waals surface area (Å²) in [5.41, 5.74) is 0. The average Bonchev–Trinajstić information content (AvgIpc) is 2.68. The molecule has 0 aliphatic carbocycles. The largest absolute Gasteiger partial charge is 0.382 e. The third-order valence-corrected chi connectivity index (χ3v) is 2.31. The first-order valence-electron chi connectivity index (χ1n) is 5.59. The molecule has 0 saturated heterocycles. The molecule has 5 nitrogen and oxygen atoms in total. The van der Waals surface area contributed by atoms with E-state index in [2.05, 4.69) is 14.9 Å². The standard InChI is InChI=1S/C11H21N3O2/c1-11-13-4-7-14(11)6-3-12-5-8-16-10-9-15-2/h4,7,12H,3,5-6,8-10H2,1-2H3. The van der Waals surface area contributed by atoms with Crippen molar-refractivity contribution in [2.45, 2.75) is 13.5 Å². The van der Waals surface area contributed by atoms with Gasteiger partial charge in [0.25, 0.3) is 0 Å². The fourth-order valence-electron chi connectivity index (χ4n) is 1.35. The average molecular weight is 227 g/mol. The molecule has 1 aromatic rings. The van der Waals surface area contributed by atoms with Crippen molar-refractivity contribution < 1.29 is 9.47 Å². The van der Waals surface area contributed by atoms with Gasteiger partial charge in [-0.2, -0.15) is 0 Å². The second-order valence-corrected chi connectivity index (χ2v) is 3.52. The Balaban J connectivity index is 1.91. The zero-order valence-corrected chi connectivity index (χ0v) is 10.1. The SMILES string of the molecule is COCCOCCNCCn1ccnc1C. The highest BCUT2D eigenvalue weighted by Crippen LogP contribution is 1.92. The Kier molecular flexibility index (Phi) is 6.80. The van der Waals surface area contributed by atoms with Gasteiger partial charge < -0.3 is 19.4 Å². The van der Waals surface area contributed by atoms with Crippen molar-refractivity contribution >= 4 is 0 Å². The van der Waals surface area contributed by atoms with E-state index in [1.807, 2.05) is 19.3 Å². The number of nitrogens with one attached hydrogen (secondary N) is 1. The Bertz CT molecular complexity index is 276. The molecule has 0 radical (unpaired) electrons. The van der Waals surface area contributed by atoms with E-state index in [-0.39, 0.29) is 0 Å². The van der Waals surface area contributed by atoms with Crippen molar-refractivity contribution in [3.63, 3.8) is 0 Å². The molecule has 0 fully saturated rings. The lowest BCUT2D eigenvalue weighted by Gasteiger charge is -2.07. The molecule has 0 spiro atoms. The van der Waals surface area contributed by atoms with Crippen molar-refractivity contribution in [3.05, 3.63) is 18.2 Å². The zero-order chi connectivity index (χ0) is 11.6. The van der Waals surface area contributed by atoms with Crippen LogP contribution in [-0.2, 0) is 16.0 Å². The minimum Gasteiger partial charge on any atom is -0.382 e. The number of methoxy groups -OCH3 is 1. The number of aryl methyl sites for hydroxylation is 1. The molecule has 0 aliphatic heterocycles. The van der Waals surface area contributed by atoms with Gasteiger partial charge in [0, 0.05) is 39.1 Å². The molecular formula is C11H21N3O2. The molecule has 0 aliphatic rings. The molecule has 16 heavy (non-hydrogen) atoms.